The first-order chi connectivity index (χ1) is 7.08. The topological polar surface area (TPSA) is 64.4 Å². The van der Waals surface area contributed by atoms with Crippen LogP contribution in [-0.2, 0) is 11.8 Å². The number of hydrogen-bond acceptors (Lipinski definition) is 3. The Bertz CT molecular complexity index is 386. The molecule has 0 amide bonds. The average Bonchev–Trinajstić information content (AvgIpc) is 2.71. The van der Waals surface area contributed by atoms with Crippen molar-refractivity contribution in [3.63, 3.8) is 0 Å². The molecule has 0 bridgehead atoms. The molecule has 0 aliphatic carbocycles. The van der Waals surface area contributed by atoms with Crippen LogP contribution in [0.3, 0.4) is 0 Å². The molecule has 1 aromatic rings. The first kappa shape index (κ1) is 10.2. The summed E-state index contributed by atoms with van der Waals surface area (Å²) in [5.74, 6) is -0.943. The lowest BCUT2D eigenvalue weighted by Crippen LogP contribution is -2.07. The van der Waals surface area contributed by atoms with E-state index in [-0.39, 0.29) is 17.8 Å². The van der Waals surface area contributed by atoms with Crippen molar-refractivity contribution in [1.82, 2.24) is 9.78 Å². The molecule has 1 N–H and O–H groups in total. The highest BCUT2D eigenvalue weighted by molar-refractivity contribution is 5.88. The summed E-state index contributed by atoms with van der Waals surface area (Å²) in [5.41, 5.74) is 0.797. The van der Waals surface area contributed by atoms with E-state index in [1.54, 1.807) is 7.05 Å². The van der Waals surface area contributed by atoms with Gasteiger partial charge in [-0.2, -0.15) is 5.10 Å². The Morgan fingerprint density at radius 2 is 2.40 bits per heavy atom. The van der Waals surface area contributed by atoms with E-state index in [2.05, 4.69) is 5.10 Å². The number of aromatic carboxylic acids is 1. The zero-order valence-electron chi connectivity index (χ0n) is 8.80. The Morgan fingerprint density at radius 1 is 1.67 bits per heavy atom. The van der Waals surface area contributed by atoms with Gasteiger partial charge in [0.05, 0.1) is 6.10 Å². The third kappa shape index (κ3) is 1.87. The SMILES string of the molecule is C[C@@H]1CC[C@@H](c2nn(C)cc2C(=O)O)O1. The van der Waals surface area contributed by atoms with E-state index in [9.17, 15) is 4.79 Å². The van der Waals surface area contributed by atoms with Crippen LogP contribution in [-0.4, -0.2) is 27.0 Å². The zero-order valence-corrected chi connectivity index (χ0v) is 8.80. The summed E-state index contributed by atoms with van der Waals surface area (Å²) in [7, 11) is 1.72. The van der Waals surface area contributed by atoms with Crippen molar-refractivity contribution in [2.45, 2.75) is 32.0 Å². The van der Waals surface area contributed by atoms with E-state index < -0.39 is 5.97 Å². The maximum Gasteiger partial charge on any atom is 0.339 e. The number of aryl methyl sites for hydroxylation is 1. The second kappa shape index (κ2) is 3.66. The lowest BCUT2D eigenvalue weighted by molar-refractivity contribution is 0.0499. The summed E-state index contributed by atoms with van der Waals surface area (Å²) in [4.78, 5) is 11.0. The molecule has 1 fully saturated rings. The maximum atomic E-state index is 11.0. The van der Waals surface area contributed by atoms with E-state index in [0.29, 0.717) is 5.69 Å². The Kier molecular flexibility index (Phi) is 2.48. The molecule has 15 heavy (non-hydrogen) atoms. The standard InChI is InChI=1S/C10H14N2O3/c1-6-3-4-8(15-6)9-7(10(13)14)5-12(2)11-9/h5-6,8H,3-4H2,1-2H3,(H,13,14)/t6-,8+/m1/s1. The Morgan fingerprint density at radius 3 is 2.93 bits per heavy atom. The normalized spacial score (nSPS) is 25.7. The lowest BCUT2D eigenvalue weighted by atomic mass is 10.1. The van der Waals surface area contributed by atoms with Gasteiger partial charge in [-0.25, -0.2) is 4.79 Å². The van der Waals surface area contributed by atoms with Crippen molar-refractivity contribution in [3.05, 3.63) is 17.5 Å². The molecule has 0 aromatic carbocycles. The largest absolute Gasteiger partial charge is 0.478 e. The minimum Gasteiger partial charge on any atom is -0.478 e. The van der Waals surface area contributed by atoms with E-state index in [0.717, 1.165) is 12.8 Å². The fraction of sp³-hybridized carbons (Fsp3) is 0.600. The van der Waals surface area contributed by atoms with Crippen molar-refractivity contribution in [3.8, 4) is 0 Å². The summed E-state index contributed by atoms with van der Waals surface area (Å²) in [6.07, 6.45) is 3.36. The number of ether oxygens (including phenoxy) is 1. The van der Waals surface area contributed by atoms with Crippen LogP contribution < -0.4 is 0 Å². The van der Waals surface area contributed by atoms with Crippen molar-refractivity contribution in [2.75, 3.05) is 0 Å². The highest BCUT2D eigenvalue weighted by Crippen LogP contribution is 2.33. The van der Waals surface area contributed by atoms with Gasteiger partial charge in [-0.3, -0.25) is 4.68 Å². The monoisotopic (exact) mass is 210 g/mol. The summed E-state index contributed by atoms with van der Waals surface area (Å²) in [6.45, 7) is 1.99. The van der Waals surface area contributed by atoms with Gasteiger partial charge in [-0.15, -0.1) is 0 Å². The molecule has 0 radical (unpaired) electrons. The minimum absolute atomic E-state index is 0.160. The Balaban J connectivity index is 2.30. The molecule has 5 nitrogen and oxygen atoms in total. The highest BCUT2D eigenvalue weighted by atomic mass is 16.5. The van der Waals surface area contributed by atoms with Gasteiger partial charge in [-0.1, -0.05) is 0 Å². The predicted molar refractivity (Wildman–Crippen MR) is 52.7 cm³/mol. The van der Waals surface area contributed by atoms with Gasteiger partial charge in [0.15, 0.2) is 0 Å². The number of aromatic nitrogens is 2. The first-order valence-electron chi connectivity index (χ1n) is 5.00. The van der Waals surface area contributed by atoms with E-state index in [1.165, 1.54) is 10.9 Å². The molecule has 5 heteroatoms. The van der Waals surface area contributed by atoms with Gasteiger partial charge in [-0.05, 0) is 19.8 Å². The smallest absolute Gasteiger partial charge is 0.339 e. The molecule has 2 heterocycles. The molecule has 2 rings (SSSR count). The van der Waals surface area contributed by atoms with E-state index in [4.69, 9.17) is 9.84 Å². The minimum atomic E-state index is -0.943. The Hall–Kier alpha value is -1.36. The molecule has 0 unspecified atom stereocenters. The highest BCUT2D eigenvalue weighted by Gasteiger charge is 2.29. The van der Waals surface area contributed by atoms with Crippen molar-refractivity contribution < 1.29 is 14.6 Å². The Labute approximate surface area is 87.7 Å². The third-order valence-electron chi connectivity index (χ3n) is 2.62. The van der Waals surface area contributed by atoms with Crippen LogP contribution in [0, 0.1) is 0 Å². The zero-order chi connectivity index (χ0) is 11.0. The molecule has 0 spiro atoms. The van der Waals surface area contributed by atoms with Crippen LogP contribution in [0.4, 0.5) is 0 Å². The number of rotatable bonds is 2. The predicted octanol–water partition coefficient (Wildman–Crippen LogP) is 1.36. The quantitative estimate of drug-likeness (QED) is 0.800. The van der Waals surface area contributed by atoms with Crippen LogP contribution in [0.5, 0.6) is 0 Å². The van der Waals surface area contributed by atoms with Crippen molar-refractivity contribution >= 4 is 5.97 Å². The second-order valence-electron chi connectivity index (χ2n) is 3.92. The summed E-state index contributed by atoms with van der Waals surface area (Å²) >= 11 is 0. The van der Waals surface area contributed by atoms with Gasteiger partial charge in [0, 0.05) is 13.2 Å². The summed E-state index contributed by atoms with van der Waals surface area (Å²) in [6, 6.07) is 0. The second-order valence-corrected chi connectivity index (χ2v) is 3.92. The van der Waals surface area contributed by atoms with Crippen molar-refractivity contribution in [1.29, 1.82) is 0 Å². The third-order valence-corrected chi connectivity index (χ3v) is 2.62. The molecule has 2 atom stereocenters. The van der Waals surface area contributed by atoms with Crippen LogP contribution in [0.1, 0.15) is 41.9 Å². The fourth-order valence-corrected chi connectivity index (χ4v) is 1.91. The molecule has 1 aromatic heterocycles. The van der Waals surface area contributed by atoms with Gasteiger partial charge >= 0.3 is 5.97 Å². The van der Waals surface area contributed by atoms with Crippen LogP contribution in [0.25, 0.3) is 0 Å². The number of carboxylic acids is 1. The van der Waals surface area contributed by atoms with Gasteiger partial charge < -0.3 is 9.84 Å². The van der Waals surface area contributed by atoms with Crippen LogP contribution in [0.15, 0.2) is 6.20 Å². The number of hydrogen-bond donors (Lipinski definition) is 1. The number of nitrogens with zero attached hydrogens (tertiary/aromatic N) is 2. The van der Waals surface area contributed by atoms with Gasteiger partial charge in [0.25, 0.3) is 0 Å². The first-order valence-corrected chi connectivity index (χ1v) is 5.00. The molecule has 0 saturated carbocycles. The molecule has 1 saturated heterocycles. The number of carboxylic acid groups (broad SMARTS) is 1. The maximum absolute atomic E-state index is 11.0. The lowest BCUT2D eigenvalue weighted by Gasteiger charge is -2.08. The van der Waals surface area contributed by atoms with Crippen LogP contribution >= 0.6 is 0 Å². The molecular weight excluding hydrogens is 196 g/mol. The van der Waals surface area contributed by atoms with E-state index in [1.807, 2.05) is 6.92 Å². The van der Waals surface area contributed by atoms with Crippen LogP contribution in [0.2, 0.25) is 0 Å². The average molecular weight is 210 g/mol. The molecular formula is C10H14N2O3. The van der Waals surface area contributed by atoms with Gasteiger partial charge in [0.1, 0.15) is 17.4 Å². The van der Waals surface area contributed by atoms with Gasteiger partial charge in [0.2, 0.25) is 0 Å². The summed E-state index contributed by atoms with van der Waals surface area (Å²) in [5, 5.41) is 13.2. The number of carbonyl (C=O) groups is 1. The van der Waals surface area contributed by atoms with E-state index >= 15 is 0 Å². The summed E-state index contributed by atoms with van der Waals surface area (Å²) < 4.78 is 7.13. The van der Waals surface area contributed by atoms with Crippen molar-refractivity contribution in [2.24, 2.45) is 7.05 Å². The molecule has 1 aliphatic heterocycles. The molecule has 1 aliphatic rings. The fourth-order valence-electron chi connectivity index (χ4n) is 1.91. The molecule has 82 valence electrons.